The summed E-state index contributed by atoms with van der Waals surface area (Å²) in [7, 11) is 0. The second-order valence-corrected chi connectivity index (χ2v) is 8.00. The van der Waals surface area contributed by atoms with Crippen LogP contribution < -0.4 is 15.5 Å². The summed E-state index contributed by atoms with van der Waals surface area (Å²) in [5, 5.41) is 10.2. The van der Waals surface area contributed by atoms with E-state index >= 15 is 0 Å². The minimum atomic E-state index is -0.184. The van der Waals surface area contributed by atoms with Crippen LogP contribution in [0.3, 0.4) is 0 Å². The molecule has 1 amide bonds. The van der Waals surface area contributed by atoms with Gasteiger partial charge in [0.15, 0.2) is 0 Å². The second-order valence-electron chi connectivity index (χ2n) is 7.25. The van der Waals surface area contributed by atoms with Crippen molar-refractivity contribution < 1.29 is 9.53 Å². The average Bonchev–Trinajstić information content (AvgIpc) is 3.24. The third-order valence-corrected chi connectivity index (χ3v) is 5.59. The highest BCUT2D eigenvalue weighted by Gasteiger charge is 2.16. The minimum absolute atomic E-state index is 0.184. The molecule has 0 aliphatic carbocycles. The number of benzene rings is 1. The van der Waals surface area contributed by atoms with Gasteiger partial charge in [0.2, 0.25) is 5.95 Å². The zero-order valence-corrected chi connectivity index (χ0v) is 18.4. The number of morpholine rings is 1. The van der Waals surface area contributed by atoms with Crippen LogP contribution in [-0.4, -0.2) is 51.8 Å². The molecule has 3 aromatic rings. The van der Waals surface area contributed by atoms with E-state index in [0.717, 1.165) is 60.4 Å². The first-order chi connectivity index (χ1) is 15.1. The van der Waals surface area contributed by atoms with Gasteiger partial charge in [0.1, 0.15) is 10.7 Å². The van der Waals surface area contributed by atoms with Crippen LogP contribution in [0.15, 0.2) is 30.3 Å². The Morgan fingerprint density at radius 1 is 1.16 bits per heavy atom. The number of carbonyl (C=O) groups is 1. The molecule has 10 heteroatoms. The fourth-order valence-corrected chi connectivity index (χ4v) is 3.90. The number of rotatable bonds is 7. The van der Waals surface area contributed by atoms with Crippen molar-refractivity contribution in [3.63, 3.8) is 0 Å². The van der Waals surface area contributed by atoms with E-state index in [4.69, 9.17) is 4.74 Å². The Labute approximate surface area is 185 Å². The van der Waals surface area contributed by atoms with Crippen molar-refractivity contribution >= 4 is 40.6 Å². The summed E-state index contributed by atoms with van der Waals surface area (Å²) in [6.45, 7) is 7.05. The number of aromatic nitrogens is 4. The lowest BCUT2D eigenvalue weighted by molar-refractivity contribution is 0.102. The third kappa shape index (κ3) is 5.33. The molecule has 1 saturated heterocycles. The van der Waals surface area contributed by atoms with Crippen LogP contribution in [0.25, 0.3) is 0 Å². The molecular formula is C21H25N7O2S. The molecule has 1 aliphatic heterocycles. The SMILES string of the molecule is CCCc1nnsc1C(=O)Nc1ccc(Nc2nc(C)cc(N3CCOCC3)n2)cc1. The van der Waals surface area contributed by atoms with E-state index in [1.165, 1.54) is 0 Å². The van der Waals surface area contributed by atoms with Gasteiger partial charge in [-0.1, -0.05) is 17.8 Å². The molecule has 0 radical (unpaired) electrons. The molecule has 31 heavy (non-hydrogen) atoms. The predicted octanol–water partition coefficient (Wildman–Crippen LogP) is 3.42. The molecule has 2 aromatic heterocycles. The van der Waals surface area contributed by atoms with Crippen LogP contribution >= 0.6 is 11.5 Å². The van der Waals surface area contributed by atoms with E-state index in [0.29, 0.717) is 29.7 Å². The molecule has 0 unspecified atom stereocenters. The Kier molecular flexibility index (Phi) is 6.68. The number of anilines is 4. The van der Waals surface area contributed by atoms with E-state index in [1.54, 1.807) is 0 Å². The number of ether oxygens (including phenoxy) is 1. The number of nitrogens with one attached hydrogen (secondary N) is 2. The zero-order valence-electron chi connectivity index (χ0n) is 17.6. The summed E-state index contributed by atoms with van der Waals surface area (Å²) in [6.07, 6.45) is 1.66. The van der Waals surface area contributed by atoms with Crippen LogP contribution in [0.2, 0.25) is 0 Å². The van der Waals surface area contributed by atoms with E-state index in [1.807, 2.05) is 37.3 Å². The van der Waals surface area contributed by atoms with Crippen molar-refractivity contribution in [3.05, 3.63) is 46.6 Å². The Balaban J connectivity index is 1.42. The van der Waals surface area contributed by atoms with Crippen LogP contribution in [-0.2, 0) is 11.2 Å². The van der Waals surface area contributed by atoms with Gasteiger partial charge < -0.3 is 20.3 Å². The van der Waals surface area contributed by atoms with Crippen molar-refractivity contribution in [1.29, 1.82) is 0 Å². The highest BCUT2D eigenvalue weighted by atomic mass is 32.1. The van der Waals surface area contributed by atoms with Crippen molar-refractivity contribution in [3.8, 4) is 0 Å². The Morgan fingerprint density at radius 3 is 2.65 bits per heavy atom. The minimum Gasteiger partial charge on any atom is -0.378 e. The lowest BCUT2D eigenvalue weighted by Crippen LogP contribution is -2.36. The lowest BCUT2D eigenvalue weighted by atomic mass is 10.2. The van der Waals surface area contributed by atoms with Crippen molar-refractivity contribution in [2.75, 3.05) is 41.8 Å². The van der Waals surface area contributed by atoms with Gasteiger partial charge >= 0.3 is 0 Å². The molecule has 0 atom stereocenters. The highest BCUT2D eigenvalue weighted by molar-refractivity contribution is 7.08. The van der Waals surface area contributed by atoms with Crippen LogP contribution in [0.1, 0.15) is 34.4 Å². The number of carbonyl (C=O) groups excluding carboxylic acids is 1. The topological polar surface area (TPSA) is 105 Å². The maximum atomic E-state index is 12.5. The monoisotopic (exact) mass is 439 g/mol. The number of aryl methyl sites for hydroxylation is 2. The largest absolute Gasteiger partial charge is 0.378 e. The Bertz CT molecular complexity index is 1030. The normalized spacial score (nSPS) is 13.8. The van der Waals surface area contributed by atoms with Crippen LogP contribution in [0, 0.1) is 6.92 Å². The second kappa shape index (κ2) is 9.80. The quantitative estimate of drug-likeness (QED) is 0.577. The number of nitrogens with zero attached hydrogens (tertiary/aromatic N) is 5. The summed E-state index contributed by atoms with van der Waals surface area (Å²) in [6, 6.07) is 9.43. The summed E-state index contributed by atoms with van der Waals surface area (Å²) in [5.41, 5.74) is 3.17. The molecule has 0 bridgehead atoms. The average molecular weight is 440 g/mol. The van der Waals surface area contributed by atoms with Crippen molar-refractivity contribution in [1.82, 2.24) is 19.6 Å². The number of hydrogen-bond acceptors (Lipinski definition) is 9. The Hall–Kier alpha value is -3.11. The summed E-state index contributed by atoms with van der Waals surface area (Å²) < 4.78 is 9.33. The summed E-state index contributed by atoms with van der Waals surface area (Å²) >= 11 is 1.12. The summed E-state index contributed by atoms with van der Waals surface area (Å²) in [4.78, 5) is 24.4. The maximum Gasteiger partial charge on any atom is 0.269 e. The molecule has 2 N–H and O–H groups in total. The molecule has 1 fully saturated rings. The van der Waals surface area contributed by atoms with Gasteiger partial charge in [0.05, 0.1) is 18.9 Å². The standard InChI is InChI=1S/C21H25N7O2S/c1-3-4-17-19(31-27-26-17)20(29)23-15-5-7-16(8-6-15)24-21-22-14(2)13-18(25-21)28-9-11-30-12-10-28/h5-8,13H,3-4,9-12H2,1-2H3,(H,23,29)(H,22,24,25). The fraction of sp³-hybridized carbons (Fsp3) is 0.381. The smallest absolute Gasteiger partial charge is 0.269 e. The molecule has 0 spiro atoms. The van der Waals surface area contributed by atoms with Crippen LogP contribution in [0.5, 0.6) is 0 Å². The first-order valence-corrected chi connectivity index (χ1v) is 11.1. The van der Waals surface area contributed by atoms with E-state index < -0.39 is 0 Å². The molecule has 9 nitrogen and oxygen atoms in total. The molecular weight excluding hydrogens is 414 g/mol. The zero-order chi connectivity index (χ0) is 21.6. The van der Waals surface area contributed by atoms with Gasteiger partial charge in [-0.3, -0.25) is 4.79 Å². The van der Waals surface area contributed by atoms with Crippen molar-refractivity contribution in [2.24, 2.45) is 0 Å². The lowest BCUT2D eigenvalue weighted by Gasteiger charge is -2.28. The van der Waals surface area contributed by atoms with Gasteiger partial charge in [0.25, 0.3) is 5.91 Å². The number of amides is 1. The van der Waals surface area contributed by atoms with Gasteiger partial charge in [-0.2, -0.15) is 4.98 Å². The number of hydrogen-bond donors (Lipinski definition) is 2. The van der Waals surface area contributed by atoms with Gasteiger partial charge in [-0.05, 0) is 49.1 Å². The molecule has 4 rings (SSSR count). The maximum absolute atomic E-state index is 12.5. The molecule has 162 valence electrons. The third-order valence-electron chi connectivity index (χ3n) is 4.82. The summed E-state index contributed by atoms with van der Waals surface area (Å²) in [5.74, 6) is 1.25. The molecule has 0 saturated carbocycles. The van der Waals surface area contributed by atoms with Crippen LogP contribution in [0.4, 0.5) is 23.1 Å². The first-order valence-electron chi connectivity index (χ1n) is 10.3. The van der Waals surface area contributed by atoms with Gasteiger partial charge in [0, 0.05) is 36.2 Å². The highest BCUT2D eigenvalue weighted by Crippen LogP contribution is 2.21. The van der Waals surface area contributed by atoms with Gasteiger partial charge in [-0.25, -0.2) is 4.98 Å². The molecule has 3 heterocycles. The van der Waals surface area contributed by atoms with Crippen molar-refractivity contribution in [2.45, 2.75) is 26.7 Å². The Morgan fingerprint density at radius 2 is 1.90 bits per heavy atom. The fourth-order valence-electron chi connectivity index (χ4n) is 3.30. The van der Waals surface area contributed by atoms with E-state index in [9.17, 15) is 4.79 Å². The van der Waals surface area contributed by atoms with E-state index in [-0.39, 0.29) is 5.91 Å². The van der Waals surface area contributed by atoms with E-state index in [2.05, 4.69) is 42.0 Å². The first kappa shape index (κ1) is 21.1. The predicted molar refractivity (Wildman–Crippen MR) is 121 cm³/mol. The molecule has 1 aliphatic rings. The van der Waals surface area contributed by atoms with Gasteiger partial charge in [-0.15, -0.1) is 5.10 Å². The molecule has 1 aromatic carbocycles.